The van der Waals surface area contributed by atoms with Crippen molar-refractivity contribution < 1.29 is 19.1 Å². The minimum atomic E-state index is -0.254. The standard InChI is InChI=1S/C30H28ClN5O4/c31-25-15-22(40-21-4-2-1-3-5-21)6-7-23(25)28(39)24-16-32-29-27(24)30(34-17-33-29)35-19-8-10-36(11-9-19)26(38)14-18-12-20(37)13-18/h1-7,15-19H,8-14H2,(H2,32,33,34,35). The van der Waals surface area contributed by atoms with Crippen LogP contribution in [0.2, 0.25) is 5.02 Å². The lowest BCUT2D eigenvalue weighted by molar-refractivity contribution is -0.136. The number of halogens is 1. The molecule has 0 unspecified atom stereocenters. The lowest BCUT2D eigenvalue weighted by Gasteiger charge is -2.34. The van der Waals surface area contributed by atoms with Gasteiger partial charge >= 0.3 is 0 Å². The van der Waals surface area contributed by atoms with Crippen LogP contribution < -0.4 is 10.1 Å². The summed E-state index contributed by atoms with van der Waals surface area (Å²) in [6, 6.07) is 14.4. The monoisotopic (exact) mass is 557 g/mol. The molecule has 2 fully saturated rings. The Balaban J connectivity index is 1.15. The van der Waals surface area contributed by atoms with Gasteiger partial charge in [-0.25, -0.2) is 9.97 Å². The Labute approximate surface area is 235 Å². The number of anilines is 1. The highest BCUT2D eigenvalue weighted by atomic mass is 35.5. The molecule has 9 nitrogen and oxygen atoms in total. The Bertz CT molecular complexity index is 1570. The number of carbonyl (C=O) groups excluding carboxylic acids is 3. The molecule has 40 heavy (non-hydrogen) atoms. The molecule has 1 amide bonds. The van der Waals surface area contributed by atoms with Gasteiger partial charge in [0, 0.05) is 56.2 Å². The number of carbonyl (C=O) groups is 3. The van der Waals surface area contributed by atoms with Crippen molar-refractivity contribution in [2.75, 3.05) is 18.4 Å². The summed E-state index contributed by atoms with van der Waals surface area (Å²) >= 11 is 6.54. The molecule has 2 aliphatic rings. The Hall–Kier alpha value is -4.24. The topological polar surface area (TPSA) is 117 Å². The average molecular weight is 558 g/mol. The van der Waals surface area contributed by atoms with Gasteiger partial charge in [-0.2, -0.15) is 0 Å². The van der Waals surface area contributed by atoms with Crippen molar-refractivity contribution in [1.82, 2.24) is 19.9 Å². The third-order valence-corrected chi connectivity index (χ3v) is 7.88. The highest BCUT2D eigenvalue weighted by molar-refractivity contribution is 6.35. The van der Waals surface area contributed by atoms with Gasteiger partial charge in [0.15, 0.2) is 5.78 Å². The second-order valence-corrected chi connectivity index (χ2v) is 10.8. The molecule has 2 aromatic carbocycles. The fourth-order valence-corrected chi connectivity index (χ4v) is 5.59. The molecule has 4 aromatic rings. The molecule has 0 bridgehead atoms. The molecule has 0 spiro atoms. The zero-order valence-corrected chi connectivity index (χ0v) is 22.5. The Morgan fingerprint density at radius 3 is 2.52 bits per heavy atom. The Morgan fingerprint density at radius 2 is 1.80 bits per heavy atom. The van der Waals surface area contributed by atoms with E-state index in [2.05, 4.69) is 20.3 Å². The van der Waals surface area contributed by atoms with E-state index < -0.39 is 0 Å². The van der Waals surface area contributed by atoms with Gasteiger partial charge in [0.2, 0.25) is 5.91 Å². The number of ketones is 2. The minimum absolute atomic E-state index is 0.0864. The molecular formula is C30H28ClN5O4. The number of rotatable bonds is 8. The summed E-state index contributed by atoms with van der Waals surface area (Å²) in [5.41, 5.74) is 1.31. The van der Waals surface area contributed by atoms with Crippen LogP contribution in [0, 0.1) is 5.92 Å². The third-order valence-electron chi connectivity index (χ3n) is 7.56. The zero-order chi connectivity index (χ0) is 27.6. The third kappa shape index (κ3) is 5.42. The molecular weight excluding hydrogens is 530 g/mol. The van der Waals surface area contributed by atoms with Crippen molar-refractivity contribution in [3.8, 4) is 11.5 Å². The van der Waals surface area contributed by atoms with E-state index in [9.17, 15) is 14.4 Å². The molecule has 1 aliphatic carbocycles. The summed E-state index contributed by atoms with van der Waals surface area (Å²) in [6.45, 7) is 1.27. The van der Waals surface area contributed by atoms with Gasteiger partial charge < -0.3 is 19.9 Å². The zero-order valence-electron chi connectivity index (χ0n) is 21.7. The molecule has 6 rings (SSSR count). The van der Waals surface area contributed by atoms with Crippen LogP contribution in [0.1, 0.15) is 48.0 Å². The van der Waals surface area contributed by atoms with E-state index in [-0.39, 0.29) is 34.5 Å². The molecule has 1 saturated heterocycles. The highest BCUT2D eigenvalue weighted by Crippen LogP contribution is 2.32. The van der Waals surface area contributed by atoms with Crippen molar-refractivity contribution in [1.29, 1.82) is 0 Å². The first kappa shape index (κ1) is 26.0. The number of likely N-dealkylation sites (tertiary alicyclic amines) is 1. The van der Waals surface area contributed by atoms with Gasteiger partial charge in [-0.05, 0) is 43.0 Å². The van der Waals surface area contributed by atoms with Crippen LogP contribution in [0.15, 0.2) is 61.1 Å². The van der Waals surface area contributed by atoms with E-state index in [1.807, 2.05) is 35.2 Å². The molecule has 204 valence electrons. The number of nitrogens with one attached hydrogen (secondary N) is 2. The van der Waals surface area contributed by atoms with Crippen molar-refractivity contribution in [2.24, 2.45) is 5.92 Å². The molecule has 0 atom stereocenters. The van der Waals surface area contributed by atoms with Crippen molar-refractivity contribution >= 4 is 45.9 Å². The van der Waals surface area contributed by atoms with E-state index in [1.165, 1.54) is 6.33 Å². The van der Waals surface area contributed by atoms with Crippen LogP contribution in [0.3, 0.4) is 0 Å². The van der Waals surface area contributed by atoms with Gasteiger partial charge in [0.05, 0.1) is 16.0 Å². The number of aromatic nitrogens is 3. The number of fused-ring (bicyclic) bond motifs is 1. The summed E-state index contributed by atoms with van der Waals surface area (Å²) in [5, 5.41) is 4.36. The highest BCUT2D eigenvalue weighted by Gasteiger charge is 2.31. The number of nitrogens with zero attached hydrogens (tertiary/aromatic N) is 3. The van der Waals surface area contributed by atoms with E-state index in [1.54, 1.807) is 24.4 Å². The second kappa shape index (κ2) is 11.1. The summed E-state index contributed by atoms with van der Waals surface area (Å²) in [4.78, 5) is 51.2. The van der Waals surface area contributed by atoms with Crippen molar-refractivity contribution in [2.45, 2.75) is 38.1 Å². The number of para-hydroxylation sites is 1. The first-order valence-electron chi connectivity index (χ1n) is 13.4. The summed E-state index contributed by atoms with van der Waals surface area (Å²) < 4.78 is 5.84. The number of piperidine rings is 1. The number of Topliss-reactive ketones (excluding diaryl/α,β-unsaturated/α-hetero) is 1. The van der Waals surface area contributed by atoms with Gasteiger partial charge in [-0.1, -0.05) is 29.8 Å². The van der Waals surface area contributed by atoms with Crippen LogP contribution in [0.25, 0.3) is 11.0 Å². The van der Waals surface area contributed by atoms with Crippen LogP contribution in [-0.2, 0) is 9.59 Å². The second-order valence-electron chi connectivity index (χ2n) is 10.4. The quantitative estimate of drug-likeness (QED) is 0.278. The molecule has 0 radical (unpaired) electrons. The normalized spacial score (nSPS) is 16.1. The first-order chi connectivity index (χ1) is 19.4. The molecule has 1 aliphatic heterocycles. The predicted molar refractivity (Wildman–Crippen MR) is 151 cm³/mol. The number of aromatic amines is 1. The fraction of sp³-hybridized carbons (Fsp3) is 0.300. The molecule has 3 heterocycles. The molecule has 10 heteroatoms. The van der Waals surface area contributed by atoms with Gasteiger partial charge in [0.25, 0.3) is 0 Å². The van der Waals surface area contributed by atoms with E-state index >= 15 is 0 Å². The number of hydrogen-bond acceptors (Lipinski definition) is 7. The number of hydrogen-bond donors (Lipinski definition) is 2. The van der Waals surface area contributed by atoms with E-state index in [4.69, 9.17) is 16.3 Å². The van der Waals surface area contributed by atoms with Crippen LogP contribution in [0.5, 0.6) is 11.5 Å². The summed E-state index contributed by atoms with van der Waals surface area (Å²) in [7, 11) is 0. The van der Waals surface area contributed by atoms with Crippen LogP contribution in [0.4, 0.5) is 5.82 Å². The molecule has 1 saturated carbocycles. The van der Waals surface area contributed by atoms with E-state index in [0.717, 1.165) is 12.8 Å². The van der Waals surface area contributed by atoms with Gasteiger partial charge in [-0.15, -0.1) is 0 Å². The Kier molecular flexibility index (Phi) is 7.21. The van der Waals surface area contributed by atoms with Crippen molar-refractivity contribution in [3.63, 3.8) is 0 Å². The smallest absolute Gasteiger partial charge is 0.222 e. The maximum absolute atomic E-state index is 13.6. The number of H-pyrrole nitrogens is 1. The SMILES string of the molecule is O=C1CC(CC(=O)N2CCC(Nc3ncnc4[nH]cc(C(=O)c5ccc(Oc6ccccc6)cc5Cl)c34)CC2)C1. The largest absolute Gasteiger partial charge is 0.457 e. The summed E-state index contributed by atoms with van der Waals surface area (Å²) in [6.07, 6.45) is 6.10. The predicted octanol–water partition coefficient (Wildman–Crippen LogP) is 5.41. The molecule has 2 N–H and O–H groups in total. The fourth-order valence-electron chi connectivity index (χ4n) is 5.34. The number of amides is 1. The first-order valence-corrected chi connectivity index (χ1v) is 13.8. The maximum atomic E-state index is 13.6. The number of benzene rings is 2. The lowest BCUT2D eigenvalue weighted by Crippen LogP contribution is -2.43. The molecule has 2 aromatic heterocycles. The summed E-state index contributed by atoms with van der Waals surface area (Å²) in [5.74, 6) is 2.08. The Morgan fingerprint density at radius 1 is 1.02 bits per heavy atom. The van der Waals surface area contributed by atoms with Gasteiger partial charge in [0.1, 0.15) is 35.1 Å². The maximum Gasteiger partial charge on any atom is 0.222 e. The van der Waals surface area contributed by atoms with E-state index in [0.29, 0.717) is 71.8 Å². The van der Waals surface area contributed by atoms with Crippen LogP contribution in [-0.4, -0.2) is 56.5 Å². The average Bonchev–Trinajstić information content (AvgIpc) is 3.38. The number of ether oxygens (including phenoxy) is 1. The van der Waals surface area contributed by atoms with Crippen LogP contribution >= 0.6 is 11.6 Å². The lowest BCUT2D eigenvalue weighted by atomic mass is 9.81. The van der Waals surface area contributed by atoms with Crippen molar-refractivity contribution in [3.05, 3.63) is 77.2 Å². The minimum Gasteiger partial charge on any atom is -0.457 e. The van der Waals surface area contributed by atoms with Gasteiger partial charge in [-0.3, -0.25) is 14.4 Å².